The molecule has 20 heavy (non-hydrogen) atoms. The van der Waals surface area contributed by atoms with Crippen LogP contribution >= 0.6 is 12.4 Å². The van der Waals surface area contributed by atoms with Gasteiger partial charge in [0.25, 0.3) is 0 Å². The van der Waals surface area contributed by atoms with Gasteiger partial charge in [0.2, 0.25) is 18.6 Å². The highest BCUT2D eigenvalue weighted by Gasteiger charge is 2.17. The zero-order valence-corrected chi connectivity index (χ0v) is 11.4. The molecule has 110 valence electrons. The van der Waals surface area contributed by atoms with E-state index in [0.29, 0.717) is 18.0 Å². The number of primary amides is 1. The Morgan fingerprint density at radius 3 is 2.70 bits per heavy atom. The van der Waals surface area contributed by atoms with E-state index < -0.39 is 17.9 Å². The lowest BCUT2D eigenvalue weighted by Crippen LogP contribution is -2.42. The summed E-state index contributed by atoms with van der Waals surface area (Å²) in [5.74, 6) is 0.302. The smallest absolute Gasteiger partial charge is 0.237 e. The van der Waals surface area contributed by atoms with Gasteiger partial charge in [0, 0.05) is 6.54 Å². The quantitative estimate of drug-likeness (QED) is 0.687. The second-order valence-corrected chi connectivity index (χ2v) is 4.18. The predicted octanol–water partition coefficient (Wildman–Crippen LogP) is -0.344. The van der Waals surface area contributed by atoms with E-state index >= 15 is 0 Å². The van der Waals surface area contributed by atoms with Crippen molar-refractivity contribution >= 4 is 24.2 Å². The van der Waals surface area contributed by atoms with Crippen molar-refractivity contribution in [2.75, 3.05) is 6.79 Å². The van der Waals surface area contributed by atoms with Gasteiger partial charge < -0.3 is 26.3 Å². The van der Waals surface area contributed by atoms with Crippen molar-refractivity contribution in [2.24, 2.45) is 11.5 Å². The summed E-state index contributed by atoms with van der Waals surface area (Å²) in [4.78, 5) is 22.2. The van der Waals surface area contributed by atoms with Gasteiger partial charge in [-0.1, -0.05) is 6.07 Å². The summed E-state index contributed by atoms with van der Waals surface area (Å²) in [5.41, 5.74) is 11.3. The molecule has 1 aliphatic heterocycles. The maximum atomic E-state index is 11.6. The summed E-state index contributed by atoms with van der Waals surface area (Å²) < 4.78 is 10.4. The topological polar surface area (TPSA) is 117 Å². The van der Waals surface area contributed by atoms with Crippen molar-refractivity contribution < 1.29 is 19.1 Å². The van der Waals surface area contributed by atoms with Crippen LogP contribution in [0.3, 0.4) is 0 Å². The summed E-state index contributed by atoms with van der Waals surface area (Å²) in [5, 5.41) is 2.63. The Balaban J connectivity index is 0.00000200. The zero-order valence-electron chi connectivity index (χ0n) is 10.6. The molecule has 8 heteroatoms. The van der Waals surface area contributed by atoms with Gasteiger partial charge >= 0.3 is 0 Å². The van der Waals surface area contributed by atoms with E-state index in [2.05, 4.69) is 5.32 Å². The normalized spacial score (nSPS) is 13.2. The second kappa shape index (κ2) is 6.97. The monoisotopic (exact) mass is 301 g/mol. The summed E-state index contributed by atoms with van der Waals surface area (Å²) in [6.07, 6.45) is -0.174. The molecule has 2 rings (SSSR count). The van der Waals surface area contributed by atoms with Crippen LogP contribution in [0.4, 0.5) is 0 Å². The largest absolute Gasteiger partial charge is 0.454 e. The van der Waals surface area contributed by atoms with Crippen LogP contribution in [0.2, 0.25) is 0 Å². The average Bonchev–Trinajstić information content (AvgIpc) is 2.82. The third-order valence-corrected chi connectivity index (χ3v) is 2.66. The Morgan fingerprint density at radius 1 is 1.30 bits per heavy atom. The Hall–Kier alpha value is -1.99. The third-order valence-electron chi connectivity index (χ3n) is 2.66. The molecule has 0 saturated heterocycles. The Morgan fingerprint density at radius 2 is 2.00 bits per heavy atom. The first-order valence-corrected chi connectivity index (χ1v) is 5.76. The first kappa shape index (κ1) is 16.1. The molecular weight excluding hydrogens is 286 g/mol. The minimum Gasteiger partial charge on any atom is -0.454 e. The number of carbonyl (C=O) groups excluding carboxylic acids is 2. The molecule has 0 bridgehead atoms. The fourth-order valence-electron chi connectivity index (χ4n) is 1.68. The fourth-order valence-corrected chi connectivity index (χ4v) is 1.68. The minimum atomic E-state index is -0.925. The molecule has 1 aromatic rings. The van der Waals surface area contributed by atoms with Gasteiger partial charge in [0.15, 0.2) is 11.5 Å². The third kappa shape index (κ3) is 4.01. The minimum absolute atomic E-state index is 0. The van der Waals surface area contributed by atoms with Crippen molar-refractivity contribution in [2.45, 2.75) is 19.0 Å². The molecule has 0 saturated carbocycles. The maximum absolute atomic E-state index is 11.6. The first-order chi connectivity index (χ1) is 9.06. The molecule has 1 unspecified atom stereocenters. The number of nitrogens with one attached hydrogen (secondary N) is 1. The van der Waals surface area contributed by atoms with E-state index in [1.165, 1.54) is 0 Å². The van der Waals surface area contributed by atoms with Crippen LogP contribution in [0.15, 0.2) is 18.2 Å². The number of ether oxygens (including phenoxy) is 2. The van der Waals surface area contributed by atoms with E-state index in [1.807, 2.05) is 6.07 Å². The maximum Gasteiger partial charge on any atom is 0.237 e. The van der Waals surface area contributed by atoms with E-state index in [9.17, 15) is 9.59 Å². The number of hydrogen-bond donors (Lipinski definition) is 3. The van der Waals surface area contributed by atoms with Gasteiger partial charge in [-0.2, -0.15) is 0 Å². The van der Waals surface area contributed by atoms with Gasteiger partial charge in [0.1, 0.15) is 0 Å². The summed E-state index contributed by atoms with van der Waals surface area (Å²) in [6, 6.07) is 4.44. The molecule has 7 nitrogen and oxygen atoms in total. The highest BCUT2D eigenvalue weighted by atomic mass is 35.5. The number of hydrogen-bond acceptors (Lipinski definition) is 5. The van der Waals surface area contributed by atoms with Crippen molar-refractivity contribution in [1.29, 1.82) is 0 Å². The van der Waals surface area contributed by atoms with Crippen molar-refractivity contribution in [3.8, 4) is 11.5 Å². The molecule has 0 aromatic heterocycles. The van der Waals surface area contributed by atoms with Crippen LogP contribution in [0.25, 0.3) is 0 Å². The molecule has 1 aliphatic rings. The van der Waals surface area contributed by atoms with Crippen LogP contribution in [0, 0.1) is 0 Å². The SMILES string of the molecule is Cl.NC(=O)CC(N)C(=O)NCc1ccc2c(c1)OCO2. The number of amides is 2. The molecule has 1 atom stereocenters. The molecule has 0 fully saturated rings. The Kier molecular flexibility index (Phi) is 5.60. The summed E-state index contributed by atoms with van der Waals surface area (Å²) in [7, 11) is 0. The number of fused-ring (bicyclic) bond motifs is 1. The van der Waals surface area contributed by atoms with E-state index in [4.69, 9.17) is 20.9 Å². The fraction of sp³-hybridized carbons (Fsp3) is 0.333. The molecular formula is C12H16ClN3O4. The predicted molar refractivity (Wildman–Crippen MR) is 73.4 cm³/mol. The van der Waals surface area contributed by atoms with Crippen molar-refractivity contribution in [3.05, 3.63) is 23.8 Å². The standard InChI is InChI=1S/C12H15N3O4.ClH/c13-8(4-11(14)16)12(17)15-5-7-1-2-9-10(3-7)19-6-18-9;/h1-3,8H,4-6,13H2,(H2,14,16)(H,15,17);1H. The molecule has 5 N–H and O–H groups in total. The van der Waals surface area contributed by atoms with Gasteiger partial charge in [-0.3, -0.25) is 9.59 Å². The molecule has 1 aromatic carbocycles. The van der Waals surface area contributed by atoms with Crippen LogP contribution in [-0.2, 0) is 16.1 Å². The van der Waals surface area contributed by atoms with Crippen molar-refractivity contribution in [3.63, 3.8) is 0 Å². The molecule has 2 amide bonds. The van der Waals surface area contributed by atoms with Crippen LogP contribution in [-0.4, -0.2) is 24.6 Å². The Labute approximate surface area is 122 Å². The van der Waals surface area contributed by atoms with Crippen LogP contribution in [0.5, 0.6) is 11.5 Å². The van der Waals surface area contributed by atoms with Crippen molar-refractivity contribution in [1.82, 2.24) is 5.32 Å². The van der Waals surface area contributed by atoms with E-state index in [-0.39, 0.29) is 25.6 Å². The number of rotatable bonds is 5. The zero-order chi connectivity index (χ0) is 13.8. The molecule has 1 heterocycles. The van der Waals surface area contributed by atoms with Crippen LogP contribution < -0.4 is 26.3 Å². The summed E-state index contributed by atoms with van der Waals surface area (Å²) in [6.45, 7) is 0.497. The lowest BCUT2D eigenvalue weighted by atomic mass is 10.1. The lowest BCUT2D eigenvalue weighted by molar-refractivity contribution is -0.126. The molecule has 0 aliphatic carbocycles. The summed E-state index contributed by atoms with van der Waals surface area (Å²) >= 11 is 0. The number of halogens is 1. The van der Waals surface area contributed by atoms with E-state index in [0.717, 1.165) is 5.56 Å². The number of benzene rings is 1. The molecule has 0 radical (unpaired) electrons. The van der Waals surface area contributed by atoms with Gasteiger partial charge in [-0.15, -0.1) is 12.4 Å². The average molecular weight is 302 g/mol. The van der Waals surface area contributed by atoms with Crippen LogP contribution in [0.1, 0.15) is 12.0 Å². The Bertz CT molecular complexity index is 509. The number of carbonyl (C=O) groups is 2. The van der Waals surface area contributed by atoms with Gasteiger partial charge in [0.05, 0.1) is 12.5 Å². The van der Waals surface area contributed by atoms with Gasteiger partial charge in [-0.25, -0.2) is 0 Å². The second-order valence-electron chi connectivity index (χ2n) is 4.18. The lowest BCUT2D eigenvalue weighted by Gasteiger charge is -2.10. The molecule has 0 spiro atoms. The van der Waals surface area contributed by atoms with E-state index in [1.54, 1.807) is 12.1 Å². The highest BCUT2D eigenvalue weighted by Crippen LogP contribution is 2.32. The van der Waals surface area contributed by atoms with Gasteiger partial charge in [-0.05, 0) is 17.7 Å². The number of nitrogens with two attached hydrogens (primary N) is 2. The highest BCUT2D eigenvalue weighted by molar-refractivity contribution is 5.87. The first-order valence-electron chi connectivity index (χ1n) is 5.76.